The first-order valence-corrected chi connectivity index (χ1v) is 8.15. The first-order valence-electron chi connectivity index (χ1n) is 8.15. The summed E-state index contributed by atoms with van der Waals surface area (Å²) in [6.45, 7) is 7.82. The fraction of sp³-hybridized carbons (Fsp3) is 0.227. The van der Waals surface area contributed by atoms with Crippen LogP contribution >= 0.6 is 0 Å². The summed E-state index contributed by atoms with van der Waals surface area (Å²) in [5.41, 5.74) is 2.96. The number of aromatic hydroxyl groups is 1. The lowest BCUT2D eigenvalue weighted by atomic mass is 9.82. The Hall–Kier alpha value is -2.61. The average molecular weight is 318 g/mol. The van der Waals surface area contributed by atoms with Crippen LogP contribution in [0.15, 0.2) is 54.6 Å². The molecule has 0 aliphatic rings. The fourth-order valence-corrected chi connectivity index (χ4v) is 3.00. The zero-order chi connectivity index (χ0) is 17.5. The molecular formula is C22H22O2. The van der Waals surface area contributed by atoms with Gasteiger partial charge in [-0.15, -0.1) is 0 Å². The molecule has 0 bridgehead atoms. The summed E-state index contributed by atoms with van der Waals surface area (Å²) in [7, 11) is 0. The third-order valence-corrected chi connectivity index (χ3v) is 4.44. The van der Waals surface area contributed by atoms with Crippen LogP contribution in [0.4, 0.5) is 0 Å². The van der Waals surface area contributed by atoms with Gasteiger partial charge in [0.2, 0.25) is 0 Å². The van der Waals surface area contributed by atoms with Crippen molar-refractivity contribution in [3.63, 3.8) is 0 Å². The molecule has 0 atom stereocenters. The van der Waals surface area contributed by atoms with Crippen molar-refractivity contribution in [3.05, 3.63) is 65.7 Å². The van der Waals surface area contributed by atoms with E-state index < -0.39 is 0 Å². The molecule has 0 aromatic heterocycles. The average Bonchev–Trinajstić information content (AvgIpc) is 2.53. The van der Waals surface area contributed by atoms with Crippen LogP contribution in [-0.4, -0.2) is 10.9 Å². The van der Waals surface area contributed by atoms with Crippen molar-refractivity contribution in [1.82, 2.24) is 0 Å². The number of hydrogen-bond acceptors (Lipinski definition) is 2. The predicted molar refractivity (Wildman–Crippen MR) is 99.8 cm³/mol. The minimum atomic E-state index is -0.125. The molecule has 0 heterocycles. The molecule has 3 aromatic carbocycles. The lowest BCUT2D eigenvalue weighted by Gasteiger charge is -2.22. The number of phenols is 1. The van der Waals surface area contributed by atoms with Gasteiger partial charge in [-0.1, -0.05) is 63.2 Å². The molecule has 0 fully saturated rings. The van der Waals surface area contributed by atoms with Crippen molar-refractivity contribution >= 4 is 16.6 Å². The molecule has 1 N–H and O–H groups in total. The highest BCUT2D eigenvalue weighted by Crippen LogP contribution is 2.40. The van der Waals surface area contributed by atoms with E-state index in [4.69, 9.17) is 0 Å². The molecule has 2 nitrogen and oxygen atoms in total. The molecule has 3 aromatic rings. The van der Waals surface area contributed by atoms with E-state index in [1.165, 1.54) is 6.92 Å². The van der Waals surface area contributed by atoms with Gasteiger partial charge in [-0.2, -0.15) is 0 Å². The normalized spacial score (nSPS) is 11.7. The number of rotatable bonds is 2. The Morgan fingerprint density at radius 3 is 2.25 bits per heavy atom. The summed E-state index contributed by atoms with van der Waals surface area (Å²) in [5.74, 6) is -0.0630. The highest BCUT2D eigenvalue weighted by molar-refractivity contribution is 6.03. The van der Waals surface area contributed by atoms with Gasteiger partial charge in [-0.05, 0) is 46.4 Å². The molecule has 0 amide bonds. The molecule has 0 saturated carbocycles. The quantitative estimate of drug-likeness (QED) is 0.614. The second kappa shape index (κ2) is 5.79. The fourth-order valence-electron chi connectivity index (χ4n) is 3.00. The molecule has 0 saturated heterocycles. The van der Waals surface area contributed by atoms with E-state index in [2.05, 4.69) is 32.9 Å². The van der Waals surface area contributed by atoms with Crippen LogP contribution in [0.5, 0.6) is 5.75 Å². The summed E-state index contributed by atoms with van der Waals surface area (Å²) >= 11 is 0. The van der Waals surface area contributed by atoms with Crippen molar-refractivity contribution in [2.75, 3.05) is 0 Å². The van der Waals surface area contributed by atoms with E-state index in [0.29, 0.717) is 11.1 Å². The van der Waals surface area contributed by atoms with Gasteiger partial charge in [0.05, 0.1) is 5.56 Å². The lowest BCUT2D eigenvalue weighted by molar-refractivity contribution is 0.101. The number of Topliss-reactive ketones (excluding diaryl/α,β-unsaturated/α-hetero) is 1. The molecule has 2 heteroatoms. The number of carbonyl (C=O) groups is 1. The Balaban J connectivity index is 2.38. The summed E-state index contributed by atoms with van der Waals surface area (Å²) in [5, 5.41) is 12.9. The molecule has 24 heavy (non-hydrogen) atoms. The number of carbonyl (C=O) groups excluding carboxylic acids is 1. The third-order valence-electron chi connectivity index (χ3n) is 4.44. The molecule has 0 aliphatic heterocycles. The Morgan fingerprint density at radius 1 is 0.917 bits per heavy atom. The standard InChI is InChI=1S/C22H22O2/c1-14(23)19-12-16(22(2,3)4)13-20(21(19)24)18-11-7-9-15-8-5-6-10-17(15)18/h5-13,24H,1-4H3. The minimum Gasteiger partial charge on any atom is -0.507 e. The van der Waals surface area contributed by atoms with Crippen LogP contribution in [0.2, 0.25) is 0 Å². The van der Waals surface area contributed by atoms with E-state index >= 15 is 0 Å². The van der Waals surface area contributed by atoms with Gasteiger partial charge in [-0.25, -0.2) is 0 Å². The topological polar surface area (TPSA) is 37.3 Å². The maximum absolute atomic E-state index is 12.0. The maximum atomic E-state index is 12.0. The van der Waals surface area contributed by atoms with E-state index in [9.17, 15) is 9.90 Å². The second-order valence-corrected chi connectivity index (χ2v) is 7.25. The van der Waals surface area contributed by atoms with Gasteiger partial charge in [-0.3, -0.25) is 4.79 Å². The van der Waals surface area contributed by atoms with E-state index in [1.54, 1.807) is 0 Å². The van der Waals surface area contributed by atoms with Gasteiger partial charge in [0.15, 0.2) is 5.78 Å². The van der Waals surface area contributed by atoms with Crippen molar-refractivity contribution in [3.8, 4) is 16.9 Å². The Kier molecular flexibility index (Phi) is 3.92. The molecule has 3 rings (SSSR count). The van der Waals surface area contributed by atoms with E-state index in [1.807, 2.05) is 42.5 Å². The first-order chi connectivity index (χ1) is 11.3. The number of benzene rings is 3. The molecule has 0 unspecified atom stereocenters. The van der Waals surface area contributed by atoms with Crippen LogP contribution in [0, 0.1) is 0 Å². The number of fused-ring (bicyclic) bond motifs is 1. The van der Waals surface area contributed by atoms with E-state index in [-0.39, 0.29) is 16.9 Å². The Labute approximate surface area is 142 Å². The second-order valence-electron chi connectivity index (χ2n) is 7.25. The van der Waals surface area contributed by atoms with Crippen LogP contribution < -0.4 is 0 Å². The summed E-state index contributed by atoms with van der Waals surface area (Å²) < 4.78 is 0. The van der Waals surface area contributed by atoms with Crippen LogP contribution in [-0.2, 0) is 5.41 Å². The van der Waals surface area contributed by atoms with E-state index in [0.717, 1.165) is 21.9 Å². The molecule has 0 spiro atoms. The van der Waals surface area contributed by atoms with Gasteiger partial charge in [0.1, 0.15) is 5.75 Å². The zero-order valence-electron chi connectivity index (χ0n) is 14.6. The number of hydrogen-bond donors (Lipinski definition) is 1. The Morgan fingerprint density at radius 2 is 1.58 bits per heavy atom. The van der Waals surface area contributed by atoms with Gasteiger partial charge >= 0.3 is 0 Å². The summed E-state index contributed by atoms with van der Waals surface area (Å²) in [6, 6.07) is 17.9. The molecular weight excluding hydrogens is 296 g/mol. The molecule has 122 valence electrons. The number of phenolic OH excluding ortho intramolecular Hbond substituents is 1. The zero-order valence-corrected chi connectivity index (χ0v) is 14.6. The van der Waals surface area contributed by atoms with Crippen molar-refractivity contribution in [1.29, 1.82) is 0 Å². The highest BCUT2D eigenvalue weighted by Gasteiger charge is 2.21. The van der Waals surface area contributed by atoms with Crippen LogP contribution in [0.3, 0.4) is 0 Å². The lowest BCUT2D eigenvalue weighted by Crippen LogP contribution is -2.12. The highest BCUT2D eigenvalue weighted by atomic mass is 16.3. The van der Waals surface area contributed by atoms with Crippen molar-refractivity contribution < 1.29 is 9.90 Å². The monoisotopic (exact) mass is 318 g/mol. The minimum absolute atomic E-state index is 0.0619. The summed E-state index contributed by atoms with van der Waals surface area (Å²) in [4.78, 5) is 12.0. The maximum Gasteiger partial charge on any atom is 0.163 e. The van der Waals surface area contributed by atoms with Gasteiger partial charge in [0.25, 0.3) is 0 Å². The van der Waals surface area contributed by atoms with Gasteiger partial charge < -0.3 is 5.11 Å². The largest absolute Gasteiger partial charge is 0.507 e. The predicted octanol–water partition coefficient (Wildman–Crippen LogP) is 5.71. The molecule has 0 radical (unpaired) electrons. The van der Waals surface area contributed by atoms with Gasteiger partial charge in [0, 0.05) is 5.56 Å². The SMILES string of the molecule is CC(=O)c1cc(C(C)(C)C)cc(-c2cccc3ccccc23)c1O. The third kappa shape index (κ3) is 2.80. The van der Waals surface area contributed by atoms with Crippen molar-refractivity contribution in [2.45, 2.75) is 33.1 Å². The Bertz CT molecular complexity index is 925. The number of ketones is 1. The van der Waals surface area contributed by atoms with Crippen LogP contribution in [0.1, 0.15) is 43.6 Å². The van der Waals surface area contributed by atoms with Crippen LogP contribution in [0.25, 0.3) is 21.9 Å². The molecule has 0 aliphatic carbocycles. The first kappa shape index (κ1) is 16.3. The van der Waals surface area contributed by atoms with Crippen molar-refractivity contribution in [2.24, 2.45) is 0 Å². The smallest absolute Gasteiger partial charge is 0.163 e. The summed E-state index contributed by atoms with van der Waals surface area (Å²) in [6.07, 6.45) is 0.